The first kappa shape index (κ1) is 25.4. The Balaban J connectivity index is 1.90. The number of rotatable bonds is 9. The Morgan fingerprint density at radius 1 is 0.972 bits per heavy atom. The summed E-state index contributed by atoms with van der Waals surface area (Å²) in [6.07, 6.45) is 0. The van der Waals surface area contributed by atoms with Gasteiger partial charge in [0, 0.05) is 22.2 Å². The van der Waals surface area contributed by atoms with Crippen LogP contribution in [0, 0.1) is 5.92 Å². The molecular weight excluding hydrogens is 496 g/mol. The van der Waals surface area contributed by atoms with E-state index < -0.39 is 28.5 Å². The largest absolute Gasteiger partial charge is 0.451 e. The third kappa shape index (κ3) is 5.27. The standard InChI is InChI=1S/C27H26N2O5S2/c1-18(2)16-29(36(32,33)21-11-7-4-8-12-21)20-13-14-23-22(15-20)25(19-9-5-3-6-10-19)26(35-23)27(31)34-17-24(28)30/h3-15,18H,16-17H2,1-2H3,(H2,28,30). The van der Waals surface area contributed by atoms with Gasteiger partial charge >= 0.3 is 5.97 Å². The third-order valence-corrected chi connectivity index (χ3v) is 8.37. The fourth-order valence-electron chi connectivity index (χ4n) is 3.87. The summed E-state index contributed by atoms with van der Waals surface area (Å²) in [5.74, 6) is -1.34. The van der Waals surface area contributed by atoms with E-state index in [4.69, 9.17) is 10.5 Å². The van der Waals surface area contributed by atoms with Crippen LogP contribution in [0.5, 0.6) is 0 Å². The van der Waals surface area contributed by atoms with Crippen LogP contribution < -0.4 is 10.0 Å². The zero-order valence-electron chi connectivity index (χ0n) is 19.9. The molecule has 0 radical (unpaired) electrons. The van der Waals surface area contributed by atoms with Gasteiger partial charge in [-0.2, -0.15) is 0 Å². The van der Waals surface area contributed by atoms with E-state index in [-0.39, 0.29) is 17.4 Å². The Morgan fingerprint density at radius 2 is 1.61 bits per heavy atom. The predicted octanol–water partition coefficient (Wildman–Crippen LogP) is 5.06. The normalized spacial score (nSPS) is 11.5. The number of carbonyl (C=O) groups excluding carboxylic acids is 2. The molecule has 4 rings (SSSR count). The number of nitrogens with zero attached hydrogens (tertiary/aromatic N) is 1. The first-order chi connectivity index (χ1) is 17.2. The topological polar surface area (TPSA) is 107 Å². The zero-order chi connectivity index (χ0) is 25.9. The molecule has 2 N–H and O–H groups in total. The SMILES string of the molecule is CC(C)CN(c1ccc2sc(C(=O)OCC(N)=O)c(-c3ccccc3)c2c1)S(=O)(=O)c1ccccc1. The lowest BCUT2D eigenvalue weighted by Gasteiger charge is -2.26. The summed E-state index contributed by atoms with van der Waals surface area (Å²) in [6.45, 7) is 3.67. The lowest BCUT2D eigenvalue weighted by Crippen LogP contribution is -2.34. The minimum Gasteiger partial charge on any atom is -0.451 e. The van der Waals surface area contributed by atoms with Gasteiger partial charge in [-0.15, -0.1) is 11.3 Å². The molecule has 1 amide bonds. The number of benzene rings is 3. The van der Waals surface area contributed by atoms with E-state index in [0.29, 0.717) is 21.5 Å². The molecule has 0 saturated heterocycles. The fraction of sp³-hybridized carbons (Fsp3) is 0.185. The lowest BCUT2D eigenvalue weighted by atomic mass is 10.0. The number of nitrogens with two attached hydrogens (primary N) is 1. The summed E-state index contributed by atoms with van der Waals surface area (Å²) in [5, 5.41) is 0.715. The minimum absolute atomic E-state index is 0.0644. The summed E-state index contributed by atoms with van der Waals surface area (Å²) in [6, 6.07) is 23.0. The van der Waals surface area contributed by atoms with Crippen molar-refractivity contribution < 1.29 is 22.7 Å². The molecule has 0 saturated carbocycles. The van der Waals surface area contributed by atoms with Crippen molar-refractivity contribution in [2.75, 3.05) is 17.5 Å². The molecule has 1 heterocycles. The highest BCUT2D eigenvalue weighted by Gasteiger charge is 2.27. The molecule has 36 heavy (non-hydrogen) atoms. The van der Waals surface area contributed by atoms with Gasteiger partial charge in [0.25, 0.3) is 15.9 Å². The number of hydrogen-bond donors (Lipinski definition) is 1. The van der Waals surface area contributed by atoms with Crippen molar-refractivity contribution >= 4 is 49.0 Å². The summed E-state index contributed by atoms with van der Waals surface area (Å²) in [5.41, 5.74) is 7.03. The van der Waals surface area contributed by atoms with Gasteiger partial charge in [-0.05, 0) is 41.8 Å². The molecule has 0 atom stereocenters. The summed E-state index contributed by atoms with van der Waals surface area (Å²) >= 11 is 1.22. The first-order valence-corrected chi connectivity index (χ1v) is 13.6. The Bertz CT molecular complexity index is 1500. The summed E-state index contributed by atoms with van der Waals surface area (Å²) < 4.78 is 34.6. The highest BCUT2D eigenvalue weighted by molar-refractivity contribution is 7.92. The van der Waals surface area contributed by atoms with Crippen LogP contribution in [0.2, 0.25) is 0 Å². The van der Waals surface area contributed by atoms with Crippen LogP contribution in [0.3, 0.4) is 0 Å². The molecular formula is C27H26N2O5S2. The predicted molar refractivity (Wildman–Crippen MR) is 143 cm³/mol. The monoisotopic (exact) mass is 522 g/mol. The zero-order valence-corrected chi connectivity index (χ0v) is 21.5. The average Bonchev–Trinajstić information content (AvgIpc) is 3.25. The lowest BCUT2D eigenvalue weighted by molar-refractivity contribution is -0.121. The van der Waals surface area contributed by atoms with E-state index in [0.717, 1.165) is 10.3 Å². The molecule has 9 heteroatoms. The maximum Gasteiger partial charge on any atom is 0.349 e. The molecule has 186 valence electrons. The van der Waals surface area contributed by atoms with Crippen molar-refractivity contribution in [2.24, 2.45) is 11.7 Å². The number of primary amides is 1. The molecule has 0 fully saturated rings. The van der Waals surface area contributed by atoms with Crippen LogP contribution in [0.1, 0.15) is 23.5 Å². The van der Waals surface area contributed by atoms with Gasteiger partial charge in [0.05, 0.1) is 10.6 Å². The Morgan fingerprint density at radius 3 is 2.22 bits per heavy atom. The Labute approximate surface area is 214 Å². The van der Waals surface area contributed by atoms with Gasteiger partial charge in [-0.3, -0.25) is 9.10 Å². The van der Waals surface area contributed by atoms with Crippen LogP contribution in [0.15, 0.2) is 83.8 Å². The molecule has 1 aromatic heterocycles. The van der Waals surface area contributed by atoms with Crippen molar-refractivity contribution in [1.29, 1.82) is 0 Å². The number of thiophene rings is 1. The number of anilines is 1. The number of hydrogen-bond acceptors (Lipinski definition) is 6. The summed E-state index contributed by atoms with van der Waals surface area (Å²) in [7, 11) is -3.83. The quantitative estimate of drug-likeness (QED) is 0.309. The van der Waals surface area contributed by atoms with Crippen LogP contribution in [0.4, 0.5) is 5.69 Å². The number of sulfonamides is 1. The second-order valence-electron chi connectivity index (χ2n) is 8.64. The number of carbonyl (C=O) groups is 2. The van der Waals surface area contributed by atoms with E-state index in [9.17, 15) is 18.0 Å². The molecule has 0 aliphatic rings. The van der Waals surface area contributed by atoms with E-state index in [1.54, 1.807) is 48.5 Å². The van der Waals surface area contributed by atoms with Gasteiger partial charge in [0.1, 0.15) is 4.88 Å². The Hall–Kier alpha value is -3.69. The van der Waals surface area contributed by atoms with E-state index in [1.165, 1.54) is 15.6 Å². The maximum absolute atomic E-state index is 13.6. The molecule has 0 unspecified atom stereocenters. The number of ether oxygens (including phenoxy) is 1. The van der Waals surface area contributed by atoms with E-state index in [1.807, 2.05) is 44.2 Å². The second-order valence-corrected chi connectivity index (χ2v) is 11.6. The Kier molecular flexibility index (Phi) is 7.42. The van der Waals surface area contributed by atoms with E-state index in [2.05, 4.69) is 0 Å². The highest BCUT2D eigenvalue weighted by Crippen LogP contribution is 2.41. The van der Waals surface area contributed by atoms with E-state index >= 15 is 0 Å². The van der Waals surface area contributed by atoms with Gasteiger partial charge in [-0.1, -0.05) is 62.4 Å². The molecule has 7 nitrogen and oxygen atoms in total. The smallest absolute Gasteiger partial charge is 0.349 e. The van der Waals surface area contributed by atoms with Crippen LogP contribution in [0.25, 0.3) is 21.2 Å². The van der Waals surface area contributed by atoms with Crippen LogP contribution in [-0.2, 0) is 19.6 Å². The second kappa shape index (κ2) is 10.5. The number of fused-ring (bicyclic) bond motifs is 1. The van der Waals surface area contributed by atoms with Crippen molar-refractivity contribution in [1.82, 2.24) is 0 Å². The number of esters is 1. The van der Waals surface area contributed by atoms with Crippen LogP contribution >= 0.6 is 11.3 Å². The van der Waals surface area contributed by atoms with Gasteiger partial charge in [-0.25, -0.2) is 13.2 Å². The molecule has 3 aromatic carbocycles. The molecule has 0 bridgehead atoms. The van der Waals surface area contributed by atoms with Crippen molar-refractivity contribution in [3.8, 4) is 11.1 Å². The van der Waals surface area contributed by atoms with Gasteiger partial charge in [0.15, 0.2) is 6.61 Å². The van der Waals surface area contributed by atoms with Crippen molar-refractivity contribution in [3.63, 3.8) is 0 Å². The van der Waals surface area contributed by atoms with Gasteiger partial charge in [0.2, 0.25) is 0 Å². The number of amides is 1. The maximum atomic E-state index is 13.6. The third-order valence-electron chi connectivity index (χ3n) is 5.42. The fourth-order valence-corrected chi connectivity index (χ4v) is 6.61. The van der Waals surface area contributed by atoms with Gasteiger partial charge < -0.3 is 10.5 Å². The van der Waals surface area contributed by atoms with Crippen molar-refractivity contribution in [3.05, 3.63) is 83.7 Å². The molecule has 0 aliphatic carbocycles. The molecule has 4 aromatic rings. The molecule has 0 aliphatic heterocycles. The first-order valence-electron chi connectivity index (χ1n) is 11.3. The minimum atomic E-state index is -3.83. The average molecular weight is 523 g/mol. The summed E-state index contributed by atoms with van der Waals surface area (Å²) in [4.78, 5) is 24.6. The molecule has 0 spiro atoms. The van der Waals surface area contributed by atoms with Crippen LogP contribution in [-0.4, -0.2) is 33.4 Å². The van der Waals surface area contributed by atoms with Crippen molar-refractivity contribution in [2.45, 2.75) is 18.7 Å². The highest BCUT2D eigenvalue weighted by atomic mass is 32.2.